The van der Waals surface area contributed by atoms with Crippen LogP contribution >= 0.6 is 0 Å². The van der Waals surface area contributed by atoms with E-state index in [1.165, 1.54) is 0 Å². The minimum Gasteiger partial charge on any atom is -0.545 e. The lowest BCUT2D eigenvalue weighted by Gasteiger charge is -2.09. The summed E-state index contributed by atoms with van der Waals surface area (Å²) in [6, 6.07) is 6.82. The van der Waals surface area contributed by atoms with E-state index in [0.717, 1.165) is 11.1 Å². The number of hydrogen-bond acceptors (Lipinski definition) is 2. The third-order valence-corrected chi connectivity index (χ3v) is 1.73. The van der Waals surface area contributed by atoms with Gasteiger partial charge < -0.3 is 9.90 Å². The zero-order valence-electron chi connectivity index (χ0n) is 7.54. The highest BCUT2D eigenvalue weighted by molar-refractivity contribution is 5.87. The Morgan fingerprint density at radius 3 is 2.62 bits per heavy atom. The van der Waals surface area contributed by atoms with E-state index in [1.54, 1.807) is 18.2 Å². The van der Waals surface area contributed by atoms with Crippen molar-refractivity contribution < 1.29 is 9.90 Å². The van der Waals surface area contributed by atoms with Gasteiger partial charge in [0.05, 0.1) is 5.97 Å². The summed E-state index contributed by atoms with van der Waals surface area (Å²) in [4.78, 5) is 10.7. The smallest absolute Gasteiger partial charge is 0.0718 e. The van der Waals surface area contributed by atoms with E-state index < -0.39 is 5.97 Å². The molecule has 0 spiro atoms. The number of hydrogen-bond donors (Lipinski definition) is 0. The van der Waals surface area contributed by atoms with E-state index >= 15 is 0 Å². The number of carbonyl (C=O) groups excluding carboxylic acids is 1. The van der Waals surface area contributed by atoms with Crippen LogP contribution in [0.1, 0.15) is 22.8 Å². The largest absolute Gasteiger partial charge is 0.545 e. The lowest BCUT2D eigenvalue weighted by atomic mass is 10.0. The summed E-state index contributed by atoms with van der Waals surface area (Å²) in [5, 5.41) is 10.7. The molecule has 0 radical (unpaired) electrons. The van der Waals surface area contributed by atoms with Gasteiger partial charge in [0, 0.05) is 5.56 Å². The molecule has 0 saturated carbocycles. The first-order chi connectivity index (χ1) is 6.11. The van der Waals surface area contributed by atoms with Crippen molar-refractivity contribution in [2.45, 2.75) is 13.3 Å². The third kappa shape index (κ3) is 2.44. The zero-order chi connectivity index (χ0) is 9.84. The Bertz CT molecular complexity index is 340. The predicted molar refractivity (Wildman–Crippen MR) is 49.3 cm³/mol. The molecule has 0 aliphatic rings. The number of aromatic carboxylic acids is 1. The molecule has 0 saturated heterocycles. The number of benzene rings is 1. The Morgan fingerprint density at radius 1 is 1.46 bits per heavy atom. The number of carbonyl (C=O) groups is 1. The molecule has 0 fully saturated rings. The van der Waals surface area contributed by atoms with E-state index in [4.69, 9.17) is 0 Å². The molecule has 1 aromatic carbocycles. The highest BCUT2D eigenvalue weighted by atomic mass is 16.4. The molecule has 0 aromatic heterocycles. The average Bonchev–Trinajstić information content (AvgIpc) is 2.03. The standard InChI is InChI=1S/C11H12O2/c1-8(2)7-9-5-3-4-6-10(9)11(12)13/h3-6H,1,7H2,2H3,(H,12,13)/p-1. The molecule has 13 heavy (non-hydrogen) atoms. The summed E-state index contributed by atoms with van der Waals surface area (Å²) < 4.78 is 0. The molecule has 0 unspecified atom stereocenters. The molecule has 0 N–H and O–H groups in total. The van der Waals surface area contributed by atoms with Crippen molar-refractivity contribution in [2.24, 2.45) is 0 Å². The number of allylic oxidation sites excluding steroid dienone is 1. The molecule has 0 heterocycles. The van der Waals surface area contributed by atoms with Crippen LogP contribution < -0.4 is 5.11 Å². The van der Waals surface area contributed by atoms with Gasteiger partial charge in [-0.25, -0.2) is 0 Å². The summed E-state index contributed by atoms with van der Waals surface area (Å²) in [5.74, 6) is -1.13. The second kappa shape index (κ2) is 3.90. The van der Waals surface area contributed by atoms with E-state index in [0.29, 0.717) is 6.42 Å². The fourth-order valence-electron chi connectivity index (χ4n) is 1.20. The molecule has 0 bridgehead atoms. The number of carboxylic acid groups (broad SMARTS) is 1. The predicted octanol–water partition coefficient (Wildman–Crippen LogP) is 1.17. The molecule has 0 aliphatic carbocycles. The van der Waals surface area contributed by atoms with Crippen molar-refractivity contribution in [1.82, 2.24) is 0 Å². The topological polar surface area (TPSA) is 40.1 Å². The van der Waals surface area contributed by atoms with Crippen LogP contribution in [0.5, 0.6) is 0 Å². The van der Waals surface area contributed by atoms with Crippen LogP contribution in [0.3, 0.4) is 0 Å². The van der Waals surface area contributed by atoms with Gasteiger partial charge in [0.25, 0.3) is 0 Å². The van der Waals surface area contributed by atoms with Gasteiger partial charge in [-0.1, -0.05) is 36.4 Å². The van der Waals surface area contributed by atoms with Gasteiger partial charge in [0.2, 0.25) is 0 Å². The van der Waals surface area contributed by atoms with Gasteiger partial charge >= 0.3 is 0 Å². The van der Waals surface area contributed by atoms with Gasteiger partial charge in [-0.15, -0.1) is 0 Å². The quantitative estimate of drug-likeness (QED) is 0.647. The highest BCUT2D eigenvalue weighted by Gasteiger charge is 2.01. The average molecular weight is 175 g/mol. The summed E-state index contributed by atoms with van der Waals surface area (Å²) in [6.45, 7) is 5.60. The maximum Gasteiger partial charge on any atom is 0.0718 e. The van der Waals surface area contributed by atoms with Crippen LogP contribution in [0.2, 0.25) is 0 Å². The van der Waals surface area contributed by atoms with Crippen molar-refractivity contribution in [3.8, 4) is 0 Å². The first kappa shape index (κ1) is 9.52. The van der Waals surface area contributed by atoms with E-state index in [2.05, 4.69) is 6.58 Å². The highest BCUT2D eigenvalue weighted by Crippen LogP contribution is 2.11. The molecule has 68 valence electrons. The normalized spacial score (nSPS) is 9.62. The molecule has 1 aromatic rings. The van der Waals surface area contributed by atoms with Gasteiger partial charge in [-0.3, -0.25) is 0 Å². The van der Waals surface area contributed by atoms with E-state index in [9.17, 15) is 9.90 Å². The first-order valence-electron chi connectivity index (χ1n) is 4.05. The van der Waals surface area contributed by atoms with Crippen LogP contribution in [0.15, 0.2) is 36.4 Å². The van der Waals surface area contributed by atoms with Gasteiger partial charge in [-0.05, 0) is 18.9 Å². The van der Waals surface area contributed by atoms with E-state index in [-0.39, 0.29) is 5.56 Å². The SMILES string of the molecule is C=C(C)Cc1ccccc1C(=O)[O-]. The molecule has 0 atom stereocenters. The van der Waals surface area contributed by atoms with Crippen LogP contribution in [-0.2, 0) is 6.42 Å². The summed E-state index contributed by atoms with van der Waals surface area (Å²) >= 11 is 0. The summed E-state index contributed by atoms with van der Waals surface area (Å²) in [5.41, 5.74) is 1.95. The molecule has 2 nitrogen and oxygen atoms in total. The minimum absolute atomic E-state index is 0.255. The molecule has 0 amide bonds. The van der Waals surface area contributed by atoms with Gasteiger partial charge in [0.1, 0.15) is 0 Å². The first-order valence-corrected chi connectivity index (χ1v) is 4.05. The second-order valence-corrected chi connectivity index (χ2v) is 3.08. The fourth-order valence-corrected chi connectivity index (χ4v) is 1.20. The molecule has 0 aliphatic heterocycles. The Kier molecular flexibility index (Phi) is 2.85. The Hall–Kier alpha value is -1.57. The van der Waals surface area contributed by atoms with Crippen LogP contribution in [0, 0.1) is 0 Å². The van der Waals surface area contributed by atoms with Gasteiger partial charge in [-0.2, -0.15) is 0 Å². The second-order valence-electron chi connectivity index (χ2n) is 3.08. The lowest BCUT2D eigenvalue weighted by molar-refractivity contribution is -0.255. The monoisotopic (exact) mass is 175 g/mol. The molecule has 2 heteroatoms. The van der Waals surface area contributed by atoms with Gasteiger partial charge in [0.15, 0.2) is 0 Å². The molecular weight excluding hydrogens is 164 g/mol. The minimum atomic E-state index is -1.13. The Labute approximate surface area is 77.5 Å². The maximum absolute atomic E-state index is 10.7. The van der Waals surface area contributed by atoms with Crippen LogP contribution in [0.25, 0.3) is 0 Å². The van der Waals surface area contributed by atoms with Crippen molar-refractivity contribution in [2.75, 3.05) is 0 Å². The zero-order valence-corrected chi connectivity index (χ0v) is 7.54. The number of carboxylic acids is 1. The van der Waals surface area contributed by atoms with Crippen molar-refractivity contribution in [3.63, 3.8) is 0 Å². The van der Waals surface area contributed by atoms with Crippen molar-refractivity contribution in [1.29, 1.82) is 0 Å². The fraction of sp³-hybridized carbons (Fsp3) is 0.182. The van der Waals surface area contributed by atoms with E-state index in [1.807, 2.05) is 13.0 Å². The summed E-state index contributed by atoms with van der Waals surface area (Å²) in [7, 11) is 0. The van der Waals surface area contributed by atoms with Crippen molar-refractivity contribution in [3.05, 3.63) is 47.5 Å². The number of rotatable bonds is 3. The molecular formula is C11H11O2-. The summed E-state index contributed by atoms with van der Waals surface area (Å²) in [6.07, 6.45) is 0.587. The lowest BCUT2D eigenvalue weighted by Crippen LogP contribution is -2.23. The van der Waals surface area contributed by atoms with Crippen molar-refractivity contribution >= 4 is 5.97 Å². The Morgan fingerprint density at radius 2 is 2.08 bits per heavy atom. The third-order valence-electron chi connectivity index (χ3n) is 1.73. The Balaban J connectivity index is 3.04. The maximum atomic E-state index is 10.7. The molecule has 1 rings (SSSR count). The van der Waals surface area contributed by atoms with Crippen LogP contribution in [0.4, 0.5) is 0 Å². The van der Waals surface area contributed by atoms with Crippen LogP contribution in [-0.4, -0.2) is 5.97 Å².